The second-order valence-electron chi connectivity index (χ2n) is 9.26. The van der Waals surface area contributed by atoms with Gasteiger partial charge in [-0.3, -0.25) is 0 Å². The van der Waals surface area contributed by atoms with Crippen LogP contribution in [0.2, 0.25) is 0 Å². The molecular formula is C25H32BrN5O2S. The van der Waals surface area contributed by atoms with Crippen LogP contribution >= 0.6 is 15.9 Å². The molecule has 9 heteroatoms. The summed E-state index contributed by atoms with van der Waals surface area (Å²) < 4.78 is 28.7. The van der Waals surface area contributed by atoms with Gasteiger partial charge in [0.25, 0.3) is 0 Å². The number of anilines is 2. The summed E-state index contributed by atoms with van der Waals surface area (Å²) in [7, 11) is -3.51. The molecule has 0 radical (unpaired) electrons. The Morgan fingerprint density at radius 2 is 1.59 bits per heavy atom. The summed E-state index contributed by atoms with van der Waals surface area (Å²) >= 11 is 3.33. The Bertz CT molecular complexity index is 1230. The fourth-order valence-electron chi connectivity index (χ4n) is 4.38. The molecule has 1 aliphatic carbocycles. The molecule has 3 N–H and O–H groups in total. The number of fused-ring (bicyclic) bond motifs is 1. The van der Waals surface area contributed by atoms with E-state index >= 15 is 0 Å². The van der Waals surface area contributed by atoms with E-state index in [1.165, 1.54) is 0 Å². The first-order valence-corrected chi connectivity index (χ1v) is 14.1. The summed E-state index contributed by atoms with van der Waals surface area (Å²) in [5.74, 6) is 2.37. The van der Waals surface area contributed by atoms with Crippen LogP contribution in [-0.4, -0.2) is 37.5 Å². The predicted octanol–water partition coefficient (Wildman–Crippen LogP) is 5.41. The van der Waals surface area contributed by atoms with E-state index in [-0.39, 0.29) is 10.9 Å². The summed E-state index contributed by atoms with van der Waals surface area (Å²) in [4.78, 5) is 9.70. The maximum absolute atomic E-state index is 12.6. The average Bonchev–Trinajstić information content (AvgIpc) is 2.82. The fraction of sp³-hybridized carbons (Fsp3) is 0.440. The van der Waals surface area contributed by atoms with Crippen molar-refractivity contribution >= 4 is 48.6 Å². The van der Waals surface area contributed by atoms with Crippen molar-refractivity contribution in [3.63, 3.8) is 0 Å². The van der Waals surface area contributed by atoms with Crippen molar-refractivity contribution in [3.05, 3.63) is 53.0 Å². The Labute approximate surface area is 210 Å². The van der Waals surface area contributed by atoms with E-state index in [1.54, 1.807) is 18.2 Å². The first-order valence-electron chi connectivity index (χ1n) is 11.8. The molecular weight excluding hydrogens is 514 g/mol. The van der Waals surface area contributed by atoms with Crippen LogP contribution < -0.4 is 15.4 Å². The topological polar surface area (TPSA) is 96.0 Å². The van der Waals surface area contributed by atoms with E-state index < -0.39 is 10.0 Å². The first kappa shape index (κ1) is 24.9. The quantitative estimate of drug-likeness (QED) is 0.332. The van der Waals surface area contributed by atoms with Gasteiger partial charge in [0.1, 0.15) is 5.82 Å². The van der Waals surface area contributed by atoms with Gasteiger partial charge in [-0.2, -0.15) is 4.98 Å². The van der Waals surface area contributed by atoms with Gasteiger partial charge in [-0.25, -0.2) is 18.1 Å². The molecule has 0 spiro atoms. The molecule has 1 aliphatic rings. The van der Waals surface area contributed by atoms with E-state index in [0.29, 0.717) is 28.8 Å². The van der Waals surface area contributed by atoms with Crippen molar-refractivity contribution in [1.82, 2.24) is 14.7 Å². The normalized spacial score (nSPS) is 18.8. The largest absolute Gasteiger partial charge is 0.367 e. The van der Waals surface area contributed by atoms with Gasteiger partial charge < -0.3 is 10.6 Å². The van der Waals surface area contributed by atoms with Crippen LogP contribution in [0.15, 0.2) is 57.9 Å². The molecule has 0 atom stereocenters. The first-order chi connectivity index (χ1) is 16.3. The van der Waals surface area contributed by atoms with Crippen molar-refractivity contribution < 1.29 is 8.42 Å². The fourth-order valence-corrected chi connectivity index (χ4v) is 6.50. The third-order valence-electron chi connectivity index (χ3n) is 6.23. The van der Waals surface area contributed by atoms with Crippen molar-refractivity contribution in [2.45, 2.75) is 50.5 Å². The van der Waals surface area contributed by atoms with Gasteiger partial charge in [0.2, 0.25) is 16.0 Å². The number of nitrogens with one attached hydrogen (secondary N) is 3. The van der Waals surface area contributed by atoms with E-state index in [2.05, 4.69) is 45.1 Å². The minimum Gasteiger partial charge on any atom is -0.367 e. The maximum atomic E-state index is 12.6. The average molecular weight is 547 g/mol. The van der Waals surface area contributed by atoms with Gasteiger partial charge in [0.05, 0.1) is 10.4 Å². The van der Waals surface area contributed by atoms with Gasteiger partial charge in [0.15, 0.2) is 0 Å². The second-order valence-corrected chi connectivity index (χ2v) is 11.9. The number of hydrogen-bond acceptors (Lipinski definition) is 6. The molecule has 1 aromatic heterocycles. The van der Waals surface area contributed by atoms with Gasteiger partial charge in [-0.15, -0.1) is 0 Å². The number of benzene rings is 2. The monoisotopic (exact) mass is 545 g/mol. The summed E-state index contributed by atoms with van der Waals surface area (Å²) in [6.07, 6.45) is 4.12. The smallest absolute Gasteiger partial charge is 0.241 e. The van der Waals surface area contributed by atoms with E-state index in [4.69, 9.17) is 9.97 Å². The summed E-state index contributed by atoms with van der Waals surface area (Å²) in [6.45, 7) is 5.49. The third-order valence-corrected chi connectivity index (χ3v) is 8.67. The van der Waals surface area contributed by atoms with Crippen molar-refractivity contribution in [2.75, 3.05) is 23.7 Å². The Morgan fingerprint density at radius 3 is 2.29 bits per heavy atom. The SMILES string of the molecule is CC(C)Nc1nc(NCC2CCC(CNS(=O)(=O)c3ccccc3Br)CC2)nc2ccccc12. The number of aromatic nitrogens is 2. The minimum absolute atomic E-state index is 0.280. The lowest BCUT2D eigenvalue weighted by Gasteiger charge is -2.28. The van der Waals surface area contributed by atoms with Gasteiger partial charge in [0, 0.05) is 29.0 Å². The maximum Gasteiger partial charge on any atom is 0.241 e. The van der Waals surface area contributed by atoms with Crippen LogP contribution in [0.3, 0.4) is 0 Å². The van der Waals surface area contributed by atoms with Crippen LogP contribution in [-0.2, 0) is 10.0 Å². The lowest BCUT2D eigenvalue weighted by atomic mass is 9.82. The predicted molar refractivity (Wildman–Crippen MR) is 142 cm³/mol. The van der Waals surface area contributed by atoms with Crippen LogP contribution in [0.4, 0.5) is 11.8 Å². The lowest BCUT2D eigenvalue weighted by molar-refractivity contribution is 0.284. The third kappa shape index (κ3) is 6.25. The molecule has 0 saturated heterocycles. The molecule has 0 amide bonds. The Balaban J connectivity index is 1.29. The number of rotatable bonds is 9. The Kier molecular flexibility index (Phi) is 8.06. The molecule has 7 nitrogen and oxygen atoms in total. The molecule has 182 valence electrons. The molecule has 2 aromatic carbocycles. The molecule has 4 rings (SSSR count). The van der Waals surface area contributed by atoms with E-state index in [0.717, 1.165) is 48.9 Å². The number of halogens is 1. The standard InChI is InChI=1S/C25H32BrN5O2S/c1-17(2)29-24-20-7-3-5-9-22(20)30-25(31-24)27-15-18-11-13-19(14-12-18)16-28-34(32,33)23-10-6-4-8-21(23)26/h3-10,17-19,28H,11-16H2,1-2H3,(H2,27,29,30,31). The molecule has 1 fully saturated rings. The van der Waals surface area contributed by atoms with Crippen molar-refractivity contribution in [1.29, 1.82) is 0 Å². The summed E-state index contributed by atoms with van der Waals surface area (Å²) in [6, 6.07) is 15.2. The zero-order chi connectivity index (χ0) is 24.1. The van der Waals surface area contributed by atoms with Gasteiger partial charge in [-0.1, -0.05) is 24.3 Å². The number of para-hydroxylation sites is 1. The summed E-state index contributed by atoms with van der Waals surface area (Å²) in [5.41, 5.74) is 0.921. The second kappa shape index (κ2) is 11.0. The van der Waals surface area contributed by atoms with Crippen LogP contribution in [0.5, 0.6) is 0 Å². The highest BCUT2D eigenvalue weighted by atomic mass is 79.9. The molecule has 3 aromatic rings. The van der Waals surface area contributed by atoms with Crippen LogP contribution in [0, 0.1) is 11.8 Å². The van der Waals surface area contributed by atoms with E-state index in [9.17, 15) is 8.42 Å². The van der Waals surface area contributed by atoms with Gasteiger partial charge in [-0.05, 0) is 91.6 Å². The van der Waals surface area contributed by atoms with Crippen LogP contribution in [0.1, 0.15) is 39.5 Å². The molecule has 0 bridgehead atoms. The highest BCUT2D eigenvalue weighted by Crippen LogP contribution is 2.30. The lowest BCUT2D eigenvalue weighted by Crippen LogP contribution is -2.32. The minimum atomic E-state index is -3.51. The highest BCUT2D eigenvalue weighted by molar-refractivity contribution is 9.10. The zero-order valence-corrected chi connectivity index (χ0v) is 22.0. The Hall–Kier alpha value is -2.23. The number of hydrogen-bond donors (Lipinski definition) is 3. The molecule has 34 heavy (non-hydrogen) atoms. The number of sulfonamides is 1. The van der Waals surface area contributed by atoms with Crippen molar-refractivity contribution in [3.8, 4) is 0 Å². The molecule has 0 aliphatic heterocycles. The van der Waals surface area contributed by atoms with Crippen LogP contribution in [0.25, 0.3) is 10.9 Å². The van der Waals surface area contributed by atoms with Crippen molar-refractivity contribution in [2.24, 2.45) is 11.8 Å². The summed E-state index contributed by atoms with van der Waals surface area (Å²) in [5, 5.41) is 7.88. The molecule has 1 saturated carbocycles. The Morgan fingerprint density at radius 1 is 0.941 bits per heavy atom. The van der Waals surface area contributed by atoms with E-state index in [1.807, 2.05) is 30.3 Å². The number of nitrogens with zero attached hydrogens (tertiary/aromatic N) is 2. The zero-order valence-electron chi connectivity index (χ0n) is 19.6. The molecule has 0 unspecified atom stereocenters. The highest BCUT2D eigenvalue weighted by Gasteiger charge is 2.24. The molecule has 1 heterocycles. The van der Waals surface area contributed by atoms with Gasteiger partial charge >= 0.3 is 0 Å².